The lowest BCUT2D eigenvalue weighted by atomic mass is 10.2. The average molecular weight is 365 g/mol. The molecule has 0 spiro atoms. The van der Waals surface area contributed by atoms with Crippen molar-refractivity contribution < 1.29 is 27.6 Å². The number of halogens is 3. The van der Waals surface area contributed by atoms with Crippen LogP contribution in [0.3, 0.4) is 0 Å². The van der Waals surface area contributed by atoms with E-state index in [9.17, 15) is 18.0 Å². The second-order valence-electron chi connectivity index (χ2n) is 6.36. The van der Waals surface area contributed by atoms with E-state index in [-0.39, 0.29) is 24.0 Å². The van der Waals surface area contributed by atoms with Crippen molar-refractivity contribution in [3.05, 3.63) is 59.9 Å². The first-order valence-corrected chi connectivity index (χ1v) is 8.43. The fraction of sp³-hybridized carbons (Fsp3) is 0.316. The van der Waals surface area contributed by atoms with Crippen LogP contribution in [0.1, 0.15) is 18.4 Å². The van der Waals surface area contributed by atoms with Crippen molar-refractivity contribution in [3.8, 4) is 5.75 Å². The second-order valence-corrected chi connectivity index (χ2v) is 6.36. The molecule has 2 aromatic rings. The molecule has 1 saturated carbocycles. The van der Waals surface area contributed by atoms with Crippen LogP contribution in [0.2, 0.25) is 0 Å². The van der Waals surface area contributed by atoms with Gasteiger partial charge in [0.05, 0.1) is 6.04 Å². The Bertz CT molecular complexity index is 731. The number of benzene rings is 2. The van der Waals surface area contributed by atoms with E-state index in [1.165, 1.54) is 36.4 Å². The van der Waals surface area contributed by atoms with E-state index in [1.807, 2.05) is 0 Å². The van der Waals surface area contributed by atoms with E-state index in [2.05, 4.69) is 10.1 Å². The van der Waals surface area contributed by atoms with Crippen molar-refractivity contribution in [1.82, 2.24) is 0 Å². The Morgan fingerprint density at radius 1 is 1.12 bits per heavy atom. The minimum atomic E-state index is -2.88. The molecule has 2 N–H and O–H groups in total. The summed E-state index contributed by atoms with van der Waals surface area (Å²) in [5.74, 6) is -0.394. The van der Waals surface area contributed by atoms with Crippen molar-refractivity contribution in [2.24, 2.45) is 0 Å². The highest BCUT2D eigenvalue weighted by Crippen LogP contribution is 2.18. The summed E-state index contributed by atoms with van der Waals surface area (Å²) >= 11 is 0. The van der Waals surface area contributed by atoms with Gasteiger partial charge >= 0.3 is 6.61 Å². The van der Waals surface area contributed by atoms with Crippen molar-refractivity contribution in [1.29, 1.82) is 0 Å². The van der Waals surface area contributed by atoms with E-state index >= 15 is 0 Å². The molecule has 2 aromatic carbocycles. The summed E-state index contributed by atoms with van der Waals surface area (Å²) in [4.78, 5) is 13.5. The molecule has 1 fully saturated rings. The van der Waals surface area contributed by atoms with Gasteiger partial charge in [0.1, 0.15) is 18.1 Å². The molecule has 1 aliphatic carbocycles. The van der Waals surface area contributed by atoms with Crippen molar-refractivity contribution in [3.63, 3.8) is 0 Å². The molecule has 0 aliphatic heterocycles. The highest BCUT2D eigenvalue weighted by Gasteiger charge is 2.34. The summed E-state index contributed by atoms with van der Waals surface area (Å²) in [6, 6.07) is 12.5. The molecular formula is C19H20F3N2O2+. The average Bonchev–Trinajstić information content (AvgIpc) is 3.42. The van der Waals surface area contributed by atoms with Crippen LogP contribution in [0.15, 0.2) is 48.5 Å². The summed E-state index contributed by atoms with van der Waals surface area (Å²) in [6.45, 7) is -1.94. The van der Waals surface area contributed by atoms with E-state index in [4.69, 9.17) is 0 Å². The number of rotatable bonds is 8. The van der Waals surface area contributed by atoms with Crippen LogP contribution in [0.25, 0.3) is 0 Å². The van der Waals surface area contributed by atoms with E-state index in [1.54, 1.807) is 12.1 Å². The summed E-state index contributed by atoms with van der Waals surface area (Å²) < 4.78 is 41.6. The van der Waals surface area contributed by atoms with Gasteiger partial charge in [0.15, 0.2) is 6.54 Å². The second kappa shape index (κ2) is 8.23. The lowest BCUT2D eigenvalue weighted by Crippen LogP contribution is -3.13. The third-order valence-electron chi connectivity index (χ3n) is 4.25. The molecule has 138 valence electrons. The van der Waals surface area contributed by atoms with Gasteiger partial charge in [0.25, 0.3) is 5.91 Å². The van der Waals surface area contributed by atoms with Crippen molar-refractivity contribution in [2.75, 3.05) is 11.9 Å². The number of amides is 1. The van der Waals surface area contributed by atoms with Crippen molar-refractivity contribution in [2.45, 2.75) is 32.0 Å². The van der Waals surface area contributed by atoms with E-state index in [0.29, 0.717) is 18.3 Å². The minimum Gasteiger partial charge on any atom is -0.435 e. The van der Waals surface area contributed by atoms with Crippen LogP contribution in [-0.4, -0.2) is 25.1 Å². The highest BCUT2D eigenvalue weighted by atomic mass is 19.3. The first-order valence-electron chi connectivity index (χ1n) is 8.43. The van der Waals surface area contributed by atoms with Crippen LogP contribution in [0.5, 0.6) is 5.75 Å². The first-order chi connectivity index (χ1) is 12.5. The lowest BCUT2D eigenvalue weighted by molar-refractivity contribution is -0.916. The molecule has 0 saturated heterocycles. The Morgan fingerprint density at radius 3 is 2.35 bits per heavy atom. The molecule has 1 aliphatic rings. The first kappa shape index (κ1) is 18.3. The number of ether oxygens (including phenoxy) is 1. The monoisotopic (exact) mass is 365 g/mol. The maximum absolute atomic E-state index is 13.0. The molecular weight excluding hydrogens is 345 g/mol. The fourth-order valence-electron chi connectivity index (χ4n) is 2.84. The number of nitrogens with one attached hydrogen (secondary N) is 2. The Hall–Kier alpha value is -2.54. The van der Waals surface area contributed by atoms with E-state index < -0.39 is 6.61 Å². The van der Waals surface area contributed by atoms with Crippen LogP contribution in [0.4, 0.5) is 18.9 Å². The normalized spacial score (nSPS) is 14.9. The molecule has 0 heterocycles. The molecule has 1 unspecified atom stereocenters. The van der Waals surface area contributed by atoms with Gasteiger partial charge in [-0.25, -0.2) is 4.39 Å². The zero-order valence-electron chi connectivity index (χ0n) is 14.1. The number of hydrogen-bond acceptors (Lipinski definition) is 2. The molecule has 0 radical (unpaired) electrons. The topological polar surface area (TPSA) is 42.8 Å². The van der Waals surface area contributed by atoms with Gasteiger partial charge in [0.2, 0.25) is 0 Å². The van der Waals surface area contributed by atoms with Gasteiger partial charge < -0.3 is 15.0 Å². The summed E-state index contributed by atoms with van der Waals surface area (Å²) in [5.41, 5.74) is 1.50. The van der Waals surface area contributed by atoms with Gasteiger partial charge in [-0.05, 0) is 36.4 Å². The number of carbonyl (C=O) groups is 1. The van der Waals surface area contributed by atoms with Crippen LogP contribution in [-0.2, 0) is 11.3 Å². The fourth-order valence-corrected chi connectivity index (χ4v) is 2.84. The van der Waals surface area contributed by atoms with Crippen molar-refractivity contribution >= 4 is 11.6 Å². The minimum absolute atomic E-state index is 0.0412. The highest BCUT2D eigenvalue weighted by molar-refractivity contribution is 5.91. The Morgan fingerprint density at radius 2 is 1.77 bits per heavy atom. The van der Waals surface area contributed by atoms with Crippen LogP contribution >= 0.6 is 0 Å². The zero-order chi connectivity index (χ0) is 18.5. The lowest BCUT2D eigenvalue weighted by Gasteiger charge is -2.19. The van der Waals surface area contributed by atoms with Gasteiger partial charge in [-0.1, -0.05) is 12.1 Å². The predicted octanol–water partition coefficient (Wildman–Crippen LogP) is 2.61. The van der Waals surface area contributed by atoms with Crippen LogP contribution < -0.4 is 15.0 Å². The molecule has 7 heteroatoms. The summed E-state index contributed by atoms with van der Waals surface area (Å²) in [5, 5.41) is 2.77. The van der Waals surface area contributed by atoms with Gasteiger partial charge in [-0.15, -0.1) is 0 Å². The third-order valence-corrected chi connectivity index (χ3v) is 4.25. The Kier molecular flexibility index (Phi) is 5.78. The molecule has 1 amide bonds. The standard InChI is InChI=1S/C19H19F3N2O2/c20-14-3-1-13(2-4-14)11-24(16-7-8-16)12-18(25)23-15-5-9-17(10-6-15)26-19(21)22/h1-6,9-10,16,19H,7-8,11-12H2,(H,23,25)/p+1. The number of carbonyl (C=O) groups excluding carboxylic acids is 1. The van der Waals surface area contributed by atoms with E-state index in [0.717, 1.165) is 23.3 Å². The zero-order valence-corrected chi connectivity index (χ0v) is 14.1. The molecule has 0 bridgehead atoms. The smallest absolute Gasteiger partial charge is 0.387 e. The van der Waals surface area contributed by atoms with Gasteiger partial charge in [-0.3, -0.25) is 4.79 Å². The number of anilines is 1. The summed E-state index contributed by atoms with van der Waals surface area (Å²) in [7, 11) is 0. The molecule has 4 nitrogen and oxygen atoms in total. The maximum Gasteiger partial charge on any atom is 0.387 e. The molecule has 0 aromatic heterocycles. The number of alkyl halides is 2. The third kappa shape index (κ3) is 5.49. The van der Waals surface area contributed by atoms with Gasteiger partial charge in [0, 0.05) is 24.1 Å². The van der Waals surface area contributed by atoms with Crippen LogP contribution in [0, 0.1) is 5.82 Å². The number of quaternary nitrogens is 1. The predicted molar refractivity (Wildman–Crippen MR) is 90.7 cm³/mol. The Balaban J connectivity index is 1.55. The maximum atomic E-state index is 13.0. The largest absolute Gasteiger partial charge is 0.435 e. The SMILES string of the molecule is O=C(C[NH+](Cc1ccc(F)cc1)C1CC1)Nc1ccc(OC(F)F)cc1. The molecule has 26 heavy (non-hydrogen) atoms. The molecule has 1 atom stereocenters. The quantitative estimate of drug-likeness (QED) is 0.755. The number of hydrogen-bond donors (Lipinski definition) is 2. The summed E-state index contributed by atoms with van der Waals surface area (Å²) in [6.07, 6.45) is 2.15. The Labute approximate surface area is 149 Å². The van der Waals surface area contributed by atoms with Gasteiger partial charge in [-0.2, -0.15) is 8.78 Å². The molecule has 3 rings (SSSR count).